The lowest BCUT2D eigenvalue weighted by molar-refractivity contribution is -0.143. The zero-order valence-corrected chi connectivity index (χ0v) is 42.8. The van der Waals surface area contributed by atoms with Gasteiger partial charge >= 0.3 is 5.97 Å². The van der Waals surface area contributed by atoms with Gasteiger partial charge in [-0.05, 0) is 51.4 Å². The molecule has 6 heteroatoms. The highest BCUT2D eigenvalue weighted by Gasteiger charge is 2.18. The number of ether oxygens (including phenoxy) is 1. The summed E-state index contributed by atoms with van der Waals surface area (Å²) in [4.78, 5) is 24.4. The second kappa shape index (κ2) is 53.7. The maximum absolute atomic E-state index is 12.4. The number of unbranched alkanes of at least 4 members (excludes halogenated alkanes) is 37. The van der Waals surface area contributed by atoms with Crippen LogP contribution in [-0.4, -0.2) is 47.4 Å². The predicted octanol–water partition coefficient (Wildman–Crippen LogP) is 17.2. The molecule has 0 aromatic heterocycles. The maximum Gasteiger partial charge on any atom is 0.305 e. The summed E-state index contributed by atoms with van der Waals surface area (Å²) in [6.45, 7) is 4.77. The molecule has 376 valence electrons. The van der Waals surface area contributed by atoms with Gasteiger partial charge in [-0.3, -0.25) is 9.59 Å². The van der Waals surface area contributed by atoms with Crippen LogP contribution in [0.2, 0.25) is 0 Å². The van der Waals surface area contributed by atoms with E-state index in [4.69, 9.17) is 4.74 Å². The summed E-state index contributed by atoms with van der Waals surface area (Å²) in [7, 11) is 0. The minimum absolute atomic E-state index is 0.0324. The summed E-state index contributed by atoms with van der Waals surface area (Å²) in [6.07, 6.45) is 66.2. The van der Waals surface area contributed by atoms with E-state index in [1.807, 2.05) is 6.08 Å². The van der Waals surface area contributed by atoms with Crippen LogP contribution in [0.3, 0.4) is 0 Å². The van der Waals surface area contributed by atoms with Crippen molar-refractivity contribution >= 4 is 11.9 Å². The Balaban J connectivity index is 3.43. The molecule has 0 aromatic carbocycles. The monoisotopic (exact) mass is 900 g/mol. The van der Waals surface area contributed by atoms with E-state index in [1.54, 1.807) is 6.08 Å². The number of amides is 1. The largest absolute Gasteiger partial charge is 0.465 e. The van der Waals surface area contributed by atoms with Crippen molar-refractivity contribution in [1.29, 1.82) is 0 Å². The maximum atomic E-state index is 12.4. The number of hydrogen-bond donors (Lipinski definition) is 3. The molecular weight excluding hydrogens is 791 g/mol. The lowest BCUT2D eigenvalue weighted by Crippen LogP contribution is -2.45. The fraction of sp³-hybridized carbons (Fsp3) is 0.862. The molecule has 0 aliphatic rings. The van der Waals surface area contributed by atoms with Crippen molar-refractivity contribution in [2.45, 2.75) is 309 Å². The Bertz CT molecular complexity index is 1040. The lowest BCUT2D eigenvalue weighted by atomic mass is 10.0. The van der Waals surface area contributed by atoms with Gasteiger partial charge in [0.2, 0.25) is 5.91 Å². The molecule has 0 radical (unpaired) electrons. The van der Waals surface area contributed by atoms with Gasteiger partial charge in [0.25, 0.3) is 0 Å². The summed E-state index contributed by atoms with van der Waals surface area (Å²) in [5.74, 6) is -0.108. The molecule has 3 N–H and O–H groups in total. The van der Waals surface area contributed by atoms with Gasteiger partial charge in [0, 0.05) is 12.8 Å². The molecule has 2 unspecified atom stereocenters. The number of allylic oxidation sites excluding steroid dienone is 4. The molecule has 0 spiro atoms. The Morgan fingerprint density at radius 2 is 0.781 bits per heavy atom. The molecule has 0 heterocycles. The van der Waals surface area contributed by atoms with Crippen LogP contribution in [0.25, 0.3) is 0 Å². The number of nitrogens with one attached hydrogen (secondary N) is 1. The van der Waals surface area contributed by atoms with Gasteiger partial charge in [0.1, 0.15) is 0 Å². The summed E-state index contributed by atoms with van der Waals surface area (Å²) in [5, 5.41) is 22.9. The molecule has 0 aromatic rings. The van der Waals surface area contributed by atoms with Crippen LogP contribution in [0.4, 0.5) is 0 Å². The van der Waals surface area contributed by atoms with Crippen LogP contribution in [-0.2, 0) is 14.3 Å². The molecule has 0 aliphatic carbocycles. The molecule has 0 fully saturated rings. The number of carbonyl (C=O) groups is 2. The highest BCUT2D eigenvalue weighted by atomic mass is 16.5. The van der Waals surface area contributed by atoms with Crippen molar-refractivity contribution in [2.75, 3.05) is 13.2 Å². The Kier molecular flexibility index (Phi) is 52.1. The minimum atomic E-state index is -0.845. The number of aliphatic hydroxyl groups excluding tert-OH is 2. The number of carbonyl (C=O) groups excluding carboxylic acids is 2. The highest BCUT2D eigenvalue weighted by molar-refractivity contribution is 5.76. The van der Waals surface area contributed by atoms with Crippen molar-refractivity contribution in [3.05, 3.63) is 36.5 Å². The normalized spacial score (nSPS) is 12.9. The fourth-order valence-corrected chi connectivity index (χ4v) is 8.59. The quantitative estimate of drug-likeness (QED) is 0.0321. The summed E-state index contributed by atoms with van der Waals surface area (Å²) in [5.41, 5.74) is 0. The van der Waals surface area contributed by atoms with Gasteiger partial charge in [-0.25, -0.2) is 0 Å². The van der Waals surface area contributed by atoms with Crippen LogP contribution in [0, 0.1) is 0 Å². The van der Waals surface area contributed by atoms with E-state index in [1.165, 1.54) is 218 Å². The van der Waals surface area contributed by atoms with E-state index >= 15 is 0 Å². The van der Waals surface area contributed by atoms with Crippen molar-refractivity contribution in [3.8, 4) is 0 Å². The van der Waals surface area contributed by atoms with Crippen LogP contribution >= 0.6 is 0 Å². The third-order valence-electron chi connectivity index (χ3n) is 12.9. The third-order valence-corrected chi connectivity index (χ3v) is 12.9. The predicted molar refractivity (Wildman–Crippen MR) is 278 cm³/mol. The smallest absolute Gasteiger partial charge is 0.305 e. The van der Waals surface area contributed by atoms with Gasteiger partial charge in [-0.2, -0.15) is 0 Å². The van der Waals surface area contributed by atoms with E-state index in [-0.39, 0.29) is 18.5 Å². The highest BCUT2D eigenvalue weighted by Crippen LogP contribution is 2.17. The zero-order valence-electron chi connectivity index (χ0n) is 42.8. The first-order chi connectivity index (χ1) is 31.5. The second-order valence-electron chi connectivity index (χ2n) is 19.3. The number of aliphatic hydroxyl groups is 2. The van der Waals surface area contributed by atoms with E-state index in [0.29, 0.717) is 19.4 Å². The van der Waals surface area contributed by atoms with Gasteiger partial charge in [-0.1, -0.05) is 269 Å². The molecular formula is C58H109NO5. The minimum Gasteiger partial charge on any atom is -0.465 e. The number of esters is 1. The average molecular weight is 901 g/mol. The first-order valence-corrected chi connectivity index (χ1v) is 28.3. The van der Waals surface area contributed by atoms with Crippen molar-refractivity contribution in [3.63, 3.8) is 0 Å². The molecule has 0 rings (SSSR count). The van der Waals surface area contributed by atoms with Crippen LogP contribution in [0.15, 0.2) is 36.5 Å². The Hall–Kier alpha value is -1.92. The molecule has 0 saturated heterocycles. The standard InChI is InChI=1S/C58H109NO5/c1-3-5-7-9-11-13-14-15-16-22-26-29-32-36-40-44-48-52-58(63)64-53-49-45-41-37-33-30-27-24-21-19-17-18-20-23-25-28-31-35-39-43-47-51-57(62)59-55(54-60)56(61)50-46-42-38-34-12-10-8-6-4-2/h30,33,41,45-46,50,55-56,60-61H,3-29,31-32,34-40,42-44,47-49,51-54H2,1-2H3,(H,59,62)/b33-30-,45-41-,50-46+. The summed E-state index contributed by atoms with van der Waals surface area (Å²) >= 11 is 0. The number of hydrogen-bond acceptors (Lipinski definition) is 5. The molecule has 0 saturated carbocycles. The molecule has 1 amide bonds. The third kappa shape index (κ3) is 49.5. The van der Waals surface area contributed by atoms with E-state index in [0.717, 1.165) is 51.4 Å². The molecule has 2 atom stereocenters. The second-order valence-corrected chi connectivity index (χ2v) is 19.3. The SMILES string of the molecule is CCCCCCCCC/C=C/C(O)C(CO)NC(=O)CCCCCCCCCCCCCCCC/C=C\C/C=C\CCOC(=O)CCCCCCCCCCCCCCCCCCC. The van der Waals surface area contributed by atoms with E-state index < -0.39 is 12.1 Å². The van der Waals surface area contributed by atoms with E-state index in [9.17, 15) is 19.8 Å². The van der Waals surface area contributed by atoms with Crippen molar-refractivity contribution in [2.24, 2.45) is 0 Å². The first-order valence-electron chi connectivity index (χ1n) is 28.3. The first kappa shape index (κ1) is 62.1. The summed E-state index contributed by atoms with van der Waals surface area (Å²) in [6, 6.07) is -0.629. The molecule has 0 bridgehead atoms. The van der Waals surface area contributed by atoms with Crippen LogP contribution < -0.4 is 5.32 Å². The van der Waals surface area contributed by atoms with E-state index in [2.05, 4.69) is 43.5 Å². The van der Waals surface area contributed by atoms with Gasteiger partial charge < -0.3 is 20.3 Å². The molecule has 6 nitrogen and oxygen atoms in total. The van der Waals surface area contributed by atoms with Crippen molar-refractivity contribution in [1.82, 2.24) is 5.32 Å². The van der Waals surface area contributed by atoms with Crippen molar-refractivity contribution < 1.29 is 24.5 Å². The van der Waals surface area contributed by atoms with Crippen LogP contribution in [0.1, 0.15) is 296 Å². The Morgan fingerprint density at radius 1 is 0.438 bits per heavy atom. The Labute approximate surface area is 398 Å². The lowest BCUT2D eigenvalue weighted by Gasteiger charge is -2.20. The fourth-order valence-electron chi connectivity index (χ4n) is 8.59. The topological polar surface area (TPSA) is 95.9 Å². The molecule has 0 aliphatic heterocycles. The van der Waals surface area contributed by atoms with Crippen LogP contribution in [0.5, 0.6) is 0 Å². The van der Waals surface area contributed by atoms with Gasteiger partial charge in [0.05, 0.1) is 25.4 Å². The average Bonchev–Trinajstić information content (AvgIpc) is 3.29. The zero-order chi connectivity index (χ0) is 46.5. The number of rotatable bonds is 52. The molecule has 64 heavy (non-hydrogen) atoms. The Morgan fingerprint density at radius 3 is 1.19 bits per heavy atom. The van der Waals surface area contributed by atoms with Gasteiger partial charge in [-0.15, -0.1) is 0 Å². The summed E-state index contributed by atoms with van der Waals surface area (Å²) < 4.78 is 5.42. The van der Waals surface area contributed by atoms with Gasteiger partial charge in [0.15, 0.2) is 0 Å².